The largest absolute Gasteiger partial charge is 0.292 e. The minimum absolute atomic E-state index is 0.108. The van der Waals surface area contributed by atoms with Crippen LogP contribution in [0, 0.1) is 0 Å². The maximum absolute atomic E-state index is 5.30. The van der Waals surface area contributed by atoms with E-state index < -0.39 is 5.41 Å². The Morgan fingerprint density at radius 3 is 1.90 bits per heavy atom. The van der Waals surface area contributed by atoms with Crippen LogP contribution in [0.1, 0.15) is 47.2 Å². The fourth-order valence-corrected chi connectivity index (χ4v) is 8.99. The van der Waals surface area contributed by atoms with Gasteiger partial charge in [0, 0.05) is 16.7 Å². The molecule has 1 unspecified atom stereocenters. The number of benzene rings is 7. The van der Waals surface area contributed by atoms with Gasteiger partial charge in [-0.3, -0.25) is 4.57 Å². The van der Waals surface area contributed by atoms with Crippen LogP contribution in [0.25, 0.3) is 50.4 Å². The van der Waals surface area contributed by atoms with Crippen molar-refractivity contribution in [1.29, 1.82) is 0 Å². The van der Waals surface area contributed by atoms with Gasteiger partial charge in [0.1, 0.15) is 5.82 Å². The third kappa shape index (κ3) is 3.74. The van der Waals surface area contributed by atoms with Crippen LogP contribution in [0.15, 0.2) is 170 Å². The van der Waals surface area contributed by atoms with Crippen molar-refractivity contribution in [3.63, 3.8) is 0 Å². The number of para-hydroxylation sites is 3. The van der Waals surface area contributed by atoms with Gasteiger partial charge in [0.05, 0.1) is 16.4 Å². The summed E-state index contributed by atoms with van der Waals surface area (Å²) in [6.07, 6.45) is 0. The third-order valence-electron chi connectivity index (χ3n) is 11.1. The van der Waals surface area contributed by atoms with E-state index in [2.05, 4.69) is 188 Å². The topological polar surface area (TPSA) is 17.8 Å². The van der Waals surface area contributed by atoms with Crippen molar-refractivity contribution in [1.82, 2.24) is 9.55 Å². The maximum atomic E-state index is 5.30. The average molecular weight is 627 g/mol. The smallest absolute Gasteiger partial charge is 0.145 e. The second-order valence-electron chi connectivity index (χ2n) is 13.9. The second-order valence-corrected chi connectivity index (χ2v) is 13.9. The van der Waals surface area contributed by atoms with Crippen LogP contribution in [-0.2, 0) is 10.8 Å². The van der Waals surface area contributed by atoms with Gasteiger partial charge in [0.25, 0.3) is 0 Å². The van der Waals surface area contributed by atoms with Crippen LogP contribution in [0.4, 0.5) is 0 Å². The normalized spacial score (nSPS) is 16.6. The average Bonchev–Trinajstić information content (AvgIpc) is 3.77. The van der Waals surface area contributed by atoms with Gasteiger partial charge in [-0.25, -0.2) is 4.98 Å². The molecule has 1 heterocycles. The SMILES string of the molecule is CC1(C)c2ccccc2-c2c1cccc2C1(c2ccccc2)c2ccccc2-c2ccc(-c3nc4ccccc4n3-c3ccccc3)cc21. The molecule has 2 heteroatoms. The van der Waals surface area contributed by atoms with Crippen LogP contribution in [0.3, 0.4) is 0 Å². The molecule has 0 radical (unpaired) electrons. The minimum atomic E-state index is -0.550. The fourth-order valence-electron chi connectivity index (χ4n) is 8.99. The van der Waals surface area contributed by atoms with Gasteiger partial charge in [0.2, 0.25) is 0 Å². The Morgan fingerprint density at radius 1 is 0.469 bits per heavy atom. The van der Waals surface area contributed by atoms with E-state index in [-0.39, 0.29) is 5.41 Å². The Kier molecular flexibility index (Phi) is 5.87. The lowest BCUT2D eigenvalue weighted by molar-refractivity contribution is 0.658. The molecule has 2 aliphatic carbocycles. The predicted molar refractivity (Wildman–Crippen MR) is 201 cm³/mol. The van der Waals surface area contributed by atoms with Gasteiger partial charge >= 0.3 is 0 Å². The molecular formula is C47H34N2. The van der Waals surface area contributed by atoms with E-state index in [0.29, 0.717) is 0 Å². The number of nitrogens with zero attached hydrogens (tertiary/aromatic N) is 2. The molecule has 1 aromatic heterocycles. The van der Waals surface area contributed by atoms with Crippen LogP contribution >= 0.6 is 0 Å². The van der Waals surface area contributed by atoms with Gasteiger partial charge in [0.15, 0.2) is 0 Å². The molecule has 8 aromatic rings. The molecule has 7 aromatic carbocycles. The van der Waals surface area contributed by atoms with Gasteiger partial charge in [-0.15, -0.1) is 0 Å². The summed E-state index contributed by atoms with van der Waals surface area (Å²) in [4.78, 5) is 5.30. The zero-order valence-electron chi connectivity index (χ0n) is 27.6. The zero-order chi connectivity index (χ0) is 32.7. The first kappa shape index (κ1) is 28.1. The molecular weight excluding hydrogens is 593 g/mol. The van der Waals surface area contributed by atoms with Crippen molar-refractivity contribution in [2.75, 3.05) is 0 Å². The Morgan fingerprint density at radius 2 is 1.08 bits per heavy atom. The van der Waals surface area contributed by atoms with Gasteiger partial charge in [-0.2, -0.15) is 0 Å². The first-order valence-corrected chi connectivity index (χ1v) is 17.2. The molecule has 49 heavy (non-hydrogen) atoms. The Labute approximate surface area is 287 Å². The number of fused-ring (bicyclic) bond motifs is 7. The summed E-state index contributed by atoms with van der Waals surface area (Å²) < 4.78 is 2.31. The minimum Gasteiger partial charge on any atom is -0.292 e. The highest BCUT2D eigenvalue weighted by Crippen LogP contribution is 2.61. The van der Waals surface area contributed by atoms with E-state index in [9.17, 15) is 0 Å². The number of hydrogen-bond acceptors (Lipinski definition) is 1. The molecule has 0 N–H and O–H groups in total. The molecule has 10 rings (SSSR count). The molecule has 232 valence electrons. The standard InChI is InChI=1S/C47H34N2/c1-46(2)37-22-11-10-21-36(37)44-39(46)24-15-25-40(44)47(32-16-5-3-6-17-32)38-23-12-9-20-34(38)35-29-28-31(30-41(35)47)45-48-42-26-13-14-27-43(42)49(45)33-18-7-4-8-19-33/h3-30H,1-2H3. The summed E-state index contributed by atoms with van der Waals surface area (Å²) in [5.74, 6) is 0.942. The monoisotopic (exact) mass is 626 g/mol. The molecule has 2 aliphatic rings. The van der Waals surface area contributed by atoms with Crippen LogP contribution in [-0.4, -0.2) is 9.55 Å². The molecule has 0 bridgehead atoms. The fraction of sp³-hybridized carbons (Fsp3) is 0.0851. The van der Waals surface area contributed by atoms with E-state index in [0.717, 1.165) is 28.1 Å². The Bertz CT molecular complexity index is 2570. The summed E-state index contributed by atoms with van der Waals surface area (Å²) in [6.45, 7) is 4.75. The molecule has 0 fully saturated rings. The highest BCUT2D eigenvalue weighted by atomic mass is 15.1. The van der Waals surface area contributed by atoms with Crippen molar-refractivity contribution in [2.45, 2.75) is 24.7 Å². The lowest BCUT2D eigenvalue weighted by atomic mass is 9.65. The van der Waals surface area contributed by atoms with Gasteiger partial charge < -0.3 is 0 Å². The van der Waals surface area contributed by atoms with E-state index in [1.165, 1.54) is 55.6 Å². The molecule has 2 nitrogen and oxygen atoms in total. The second kappa shape index (κ2) is 10.3. The van der Waals surface area contributed by atoms with Crippen molar-refractivity contribution in [2.24, 2.45) is 0 Å². The number of imidazole rings is 1. The van der Waals surface area contributed by atoms with Gasteiger partial charge in [-0.05, 0) is 86.0 Å². The van der Waals surface area contributed by atoms with Crippen LogP contribution < -0.4 is 0 Å². The Balaban J connectivity index is 1.33. The zero-order valence-corrected chi connectivity index (χ0v) is 27.6. The predicted octanol–water partition coefficient (Wildman–Crippen LogP) is 11.4. The molecule has 1 atom stereocenters. The summed E-state index contributed by atoms with van der Waals surface area (Å²) in [5.41, 5.74) is 16.9. The molecule has 0 aliphatic heterocycles. The summed E-state index contributed by atoms with van der Waals surface area (Å²) in [7, 11) is 0. The lowest BCUT2D eigenvalue weighted by Gasteiger charge is -2.36. The van der Waals surface area contributed by atoms with Crippen molar-refractivity contribution >= 4 is 11.0 Å². The van der Waals surface area contributed by atoms with Crippen molar-refractivity contribution in [3.05, 3.63) is 203 Å². The van der Waals surface area contributed by atoms with E-state index in [1.807, 2.05) is 0 Å². The Hall–Kier alpha value is -5.99. The van der Waals surface area contributed by atoms with Crippen LogP contribution in [0.5, 0.6) is 0 Å². The maximum Gasteiger partial charge on any atom is 0.145 e. The van der Waals surface area contributed by atoms with Crippen molar-refractivity contribution < 1.29 is 0 Å². The summed E-state index contributed by atoms with van der Waals surface area (Å²) in [6, 6.07) is 62.4. The number of rotatable bonds is 4. The molecule has 0 spiro atoms. The number of hydrogen-bond donors (Lipinski definition) is 0. The lowest BCUT2D eigenvalue weighted by Crippen LogP contribution is -2.29. The molecule has 0 saturated heterocycles. The summed E-state index contributed by atoms with van der Waals surface area (Å²) >= 11 is 0. The highest BCUT2D eigenvalue weighted by molar-refractivity contribution is 5.93. The quantitative estimate of drug-likeness (QED) is 0.190. The number of aromatic nitrogens is 2. The van der Waals surface area contributed by atoms with E-state index in [4.69, 9.17) is 4.98 Å². The highest BCUT2D eigenvalue weighted by Gasteiger charge is 2.49. The first-order chi connectivity index (χ1) is 24.1. The van der Waals surface area contributed by atoms with Gasteiger partial charge in [-0.1, -0.05) is 153 Å². The van der Waals surface area contributed by atoms with E-state index in [1.54, 1.807) is 0 Å². The first-order valence-electron chi connectivity index (χ1n) is 17.2. The van der Waals surface area contributed by atoms with E-state index >= 15 is 0 Å². The summed E-state index contributed by atoms with van der Waals surface area (Å²) in [5, 5.41) is 0. The third-order valence-corrected chi connectivity index (χ3v) is 11.1. The van der Waals surface area contributed by atoms with Crippen LogP contribution in [0.2, 0.25) is 0 Å². The molecule has 0 saturated carbocycles. The molecule has 0 amide bonds. The van der Waals surface area contributed by atoms with Crippen molar-refractivity contribution in [3.8, 4) is 39.3 Å².